The molecular formula is C26H22F4N4O5. The molecule has 0 saturated heterocycles. The number of rotatable bonds is 4. The van der Waals surface area contributed by atoms with Gasteiger partial charge in [-0.1, -0.05) is 19.1 Å². The molecule has 0 aliphatic heterocycles. The molecule has 4 aromatic rings. The van der Waals surface area contributed by atoms with Crippen LogP contribution in [-0.2, 0) is 32.2 Å². The van der Waals surface area contributed by atoms with E-state index < -0.39 is 57.3 Å². The first-order valence-electron chi connectivity index (χ1n) is 11.9. The minimum absolute atomic E-state index is 0.0196. The SMILES string of the molecule is CCC1(n2c(=O)c(C(=O)O)cn(-c3cc4c(cc3F)n(C)c(=O)n4C)c2=O)CCc2c(C(F)(F)F)cccc21. The number of aryl methyl sites for hydroxylation is 2. The molecule has 1 aliphatic carbocycles. The molecule has 1 unspecified atom stereocenters. The van der Waals surface area contributed by atoms with Gasteiger partial charge in [-0.2, -0.15) is 13.2 Å². The lowest BCUT2D eigenvalue weighted by Crippen LogP contribution is -2.52. The van der Waals surface area contributed by atoms with Gasteiger partial charge in [-0.15, -0.1) is 0 Å². The molecule has 204 valence electrons. The van der Waals surface area contributed by atoms with Crippen LogP contribution in [0.5, 0.6) is 0 Å². The molecule has 0 bridgehead atoms. The van der Waals surface area contributed by atoms with E-state index >= 15 is 4.39 Å². The number of aromatic carboxylic acids is 1. The Kier molecular flexibility index (Phi) is 5.74. The van der Waals surface area contributed by atoms with Crippen molar-refractivity contribution in [2.45, 2.75) is 37.9 Å². The van der Waals surface area contributed by atoms with Crippen LogP contribution in [0.15, 0.2) is 50.9 Å². The first-order valence-corrected chi connectivity index (χ1v) is 11.9. The van der Waals surface area contributed by atoms with Gasteiger partial charge in [-0.25, -0.2) is 23.3 Å². The zero-order valence-corrected chi connectivity index (χ0v) is 21.0. The van der Waals surface area contributed by atoms with Gasteiger partial charge in [0.15, 0.2) is 0 Å². The summed E-state index contributed by atoms with van der Waals surface area (Å²) >= 11 is 0. The summed E-state index contributed by atoms with van der Waals surface area (Å²) in [5.74, 6) is -2.69. The van der Waals surface area contributed by atoms with Gasteiger partial charge in [-0.05, 0) is 42.5 Å². The molecule has 9 nitrogen and oxygen atoms in total. The number of imidazole rings is 1. The first-order chi connectivity index (χ1) is 18.2. The molecule has 39 heavy (non-hydrogen) atoms. The average Bonchev–Trinajstić information content (AvgIpc) is 3.35. The number of nitrogens with zero attached hydrogens (tertiary/aromatic N) is 4. The van der Waals surface area contributed by atoms with Gasteiger partial charge in [0.05, 0.1) is 27.8 Å². The lowest BCUT2D eigenvalue weighted by molar-refractivity contribution is -0.138. The minimum atomic E-state index is -4.69. The van der Waals surface area contributed by atoms with E-state index in [1.807, 2.05) is 0 Å². The van der Waals surface area contributed by atoms with Crippen molar-refractivity contribution in [3.8, 4) is 5.69 Å². The maximum atomic E-state index is 15.4. The van der Waals surface area contributed by atoms with Crippen molar-refractivity contribution in [2.75, 3.05) is 0 Å². The lowest BCUT2D eigenvalue weighted by Gasteiger charge is -2.32. The largest absolute Gasteiger partial charge is 0.477 e. The van der Waals surface area contributed by atoms with E-state index in [2.05, 4.69) is 0 Å². The third-order valence-corrected chi connectivity index (χ3v) is 7.70. The Morgan fingerprint density at radius 3 is 2.28 bits per heavy atom. The number of carboxylic acids is 1. The van der Waals surface area contributed by atoms with E-state index in [1.54, 1.807) is 6.92 Å². The summed E-state index contributed by atoms with van der Waals surface area (Å²) in [5, 5.41) is 9.80. The van der Waals surface area contributed by atoms with Gasteiger partial charge in [0, 0.05) is 26.4 Å². The van der Waals surface area contributed by atoms with Crippen molar-refractivity contribution in [2.24, 2.45) is 14.1 Å². The Morgan fingerprint density at radius 2 is 1.69 bits per heavy atom. The molecule has 0 radical (unpaired) electrons. The van der Waals surface area contributed by atoms with Gasteiger partial charge in [0.25, 0.3) is 5.56 Å². The third-order valence-electron chi connectivity index (χ3n) is 7.70. The van der Waals surface area contributed by atoms with E-state index in [1.165, 1.54) is 41.4 Å². The van der Waals surface area contributed by atoms with Crippen molar-refractivity contribution in [3.63, 3.8) is 0 Å². The van der Waals surface area contributed by atoms with E-state index in [0.29, 0.717) is 15.3 Å². The number of halogens is 4. The second-order valence-electron chi connectivity index (χ2n) is 9.55. The maximum Gasteiger partial charge on any atom is 0.416 e. The summed E-state index contributed by atoms with van der Waals surface area (Å²) < 4.78 is 60.4. The summed E-state index contributed by atoms with van der Waals surface area (Å²) in [6, 6.07) is 5.65. The summed E-state index contributed by atoms with van der Waals surface area (Å²) in [5.41, 5.74) is -6.21. The van der Waals surface area contributed by atoms with Crippen LogP contribution in [0.4, 0.5) is 17.6 Å². The van der Waals surface area contributed by atoms with Crippen molar-refractivity contribution in [1.29, 1.82) is 0 Å². The molecule has 2 aromatic carbocycles. The van der Waals surface area contributed by atoms with Crippen molar-refractivity contribution < 1.29 is 27.5 Å². The van der Waals surface area contributed by atoms with Crippen LogP contribution >= 0.6 is 0 Å². The van der Waals surface area contributed by atoms with Gasteiger partial charge in [0.1, 0.15) is 11.4 Å². The van der Waals surface area contributed by atoms with E-state index in [4.69, 9.17) is 0 Å². The fourth-order valence-corrected chi connectivity index (χ4v) is 5.73. The van der Waals surface area contributed by atoms with Crippen LogP contribution in [0.2, 0.25) is 0 Å². The van der Waals surface area contributed by atoms with Gasteiger partial charge < -0.3 is 5.11 Å². The zero-order chi connectivity index (χ0) is 28.6. The zero-order valence-electron chi connectivity index (χ0n) is 21.0. The highest BCUT2D eigenvalue weighted by atomic mass is 19.4. The molecule has 13 heteroatoms. The van der Waals surface area contributed by atoms with Crippen LogP contribution in [0.25, 0.3) is 16.7 Å². The van der Waals surface area contributed by atoms with Gasteiger partial charge in [-0.3, -0.25) is 18.5 Å². The summed E-state index contributed by atoms with van der Waals surface area (Å²) in [6.45, 7) is 1.57. The Morgan fingerprint density at radius 1 is 1.05 bits per heavy atom. The van der Waals surface area contributed by atoms with Gasteiger partial charge in [0.2, 0.25) is 0 Å². The van der Waals surface area contributed by atoms with Crippen LogP contribution in [-0.4, -0.2) is 29.3 Å². The highest BCUT2D eigenvalue weighted by Gasteiger charge is 2.46. The summed E-state index contributed by atoms with van der Waals surface area (Å²) in [7, 11) is 2.86. The number of hydrogen-bond donors (Lipinski definition) is 1. The van der Waals surface area contributed by atoms with E-state index in [-0.39, 0.29) is 41.4 Å². The Balaban J connectivity index is 1.88. The molecule has 0 saturated carbocycles. The number of aromatic nitrogens is 4. The maximum absolute atomic E-state index is 15.4. The van der Waals surface area contributed by atoms with Crippen molar-refractivity contribution >= 4 is 17.0 Å². The number of alkyl halides is 3. The van der Waals surface area contributed by atoms with E-state index in [9.17, 15) is 37.5 Å². The quantitative estimate of drug-likeness (QED) is 0.396. The molecule has 1 aliphatic rings. The fourth-order valence-electron chi connectivity index (χ4n) is 5.73. The normalized spacial score (nSPS) is 17.1. The molecule has 5 rings (SSSR count). The van der Waals surface area contributed by atoms with Gasteiger partial charge >= 0.3 is 23.5 Å². The molecule has 0 amide bonds. The minimum Gasteiger partial charge on any atom is -0.477 e. The lowest BCUT2D eigenvalue weighted by atomic mass is 9.87. The topological polar surface area (TPSA) is 108 Å². The second-order valence-corrected chi connectivity index (χ2v) is 9.55. The monoisotopic (exact) mass is 546 g/mol. The second kappa shape index (κ2) is 8.55. The molecule has 2 aromatic heterocycles. The van der Waals surface area contributed by atoms with Crippen LogP contribution < -0.4 is 16.9 Å². The fraction of sp³-hybridized carbons (Fsp3) is 0.308. The molecule has 2 heterocycles. The number of hydrogen-bond acceptors (Lipinski definition) is 4. The Labute approximate surface area is 216 Å². The summed E-state index contributed by atoms with van der Waals surface area (Å²) in [4.78, 5) is 51.8. The third kappa shape index (κ3) is 3.59. The highest BCUT2D eigenvalue weighted by Crippen LogP contribution is 2.46. The van der Waals surface area contributed by atoms with Crippen LogP contribution in [0.3, 0.4) is 0 Å². The Hall–Kier alpha value is -4.42. The highest BCUT2D eigenvalue weighted by molar-refractivity contribution is 5.87. The average molecular weight is 546 g/mol. The predicted octanol–water partition coefficient (Wildman–Crippen LogP) is 3.15. The smallest absolute Gasteiger partial charge is 0.416 e. The molecule has 1 atom stereocenters. The van der Waals surface area contributed by atoms with Crippen LogP contribution in [0.1, 0.15) is 46.8 Å². The summed E-state index contributed by atoms with van der Waals surface area (Å²) in [6.07, 6.45) is -4.21. The van der Waals surface area contributed by atoms with Crippen LogP contribution in [0, 0.1) is 5.82 Å². The predicted molar refractivity (Wildman–Crippen MR) is 132 cm³/mol. The molecule has 1 N–H and O–H groups in total. The number of benzene rings is 2. The number of carbonyl (C=O) groups is 1. The standard InChI is InChI=1S/C26H22F4N4O5/c1-4-25(9-8-13-15(25)6-5-7-16(13)26(28,29)30)34-21(35)14(22(36)37)12-33(24(34)39)18-11-20-19(10-17(18)27)31(2)23(38)32(20)3/h5-7,10-12H,4,8-9H2,1-3H3,(H,36,37). The molecular weight excluding hydrogens is 524 g/mol. The molecule has 0 spiro atoms. The number of carboxylic acid groups (broad SMARTS) is 1. The first kappa shape index (κ1) is 26.2. The number of fused-ring (bicyclic) bond motifs is 2. The van der Waals surface area contributed by atoms with Crippen molar-refractivity contribution in [3.05, 3.63) is 95.9 Å². The molecule has 0 fully saturated rings. The Bertz CT molecular complexity index is 1880. The van der Waals surface area contributed by atoms with E-state index in [0.717, 1.165) is 12.1 Å². The van der Waals surface area contributed by atoms with Crippen molar-refractivity contribution in [1.82, 2.24) is 18.3 Å².